The van der Waals surface area contributed by atoms with Crippen LogP contribution in [-0.2, 0) is 0 Å². The highest BCUT2D eigenvalue weighted by Crippen LogP contribution is 2.41. The van der Waals surface area contributed by atoms with Gasteiger partial charge in [0.25, 0.3) is 0 Å². The molecule has 0 aliphatic heterocycles. The highest BCUT2D eigenvalue weighted by Gasteiger charge is 2.22. The lowest BCUT2D eigenvalue weighted by Gasteiger charge is -2.15. The van der Waals surface area contributed by atoms with Crippen LogP contribution in [-0.4, -0.2) is 19.5 Å². The number of fused-ring (bicyclic) bond motifs is 3. The number of benzene rings is 5. The number of para-hydroxylation sites is 1. The molecule has 0 radical (unpaired) electrons. The van der Waals surface area contributed by atoms with Crippen molar-refractivity contribution in [1.29, 1.82) is 0 Å². The average Bonchev–Trinajstić information content (AvgIpc) is 3.58. The summed E-state index contributed by atoms with van der Waals surface area (Å²) in [4.78, 5) is 15.6. The van der Waals surface area contributed by atoms with E-state index in [2.05, 4.69) is 157 Å². The van der Waals surface area contributed by atoms with E-state index in [1.807, 2.05) is 43.3 Å². The van der Waals surface area contributed by atoms with Crippen LogP contribution in [0.3, 0.4) is 0 Å². The van der Waals surface area contributed by atoms with E-state index < -0.39 is 0 Å². The van der Waals surface area contributed by atoms with E-state index in [-0.39, 0.29) is 0 Å². The number of allylic oxidation sites excluding steroid dienone is 1. The van der Waals surface area contributed by atoms with Gasteiger partial charge >= 0.3 is 0 Å². The summed E-state index contributed by atoms with van der Waals surface area (Å²) in [6.07, 6.45) is 4.17. The summed E-state index contributed by atoms with van der Waals surface area (Å²) in [6, 6.07) is 60.6. The first-order chi connectivity index (χ1) is 26.2. The molecule has 0 unspecified atom stereocenters. The maximum absolute atomic E-state index is 5.31. The summed E-state index contributed by atoms with van der Waals surface area (Å²) < 4.78 is 2.37. The monoisotopic (exact) mass is 678 g/mol. The molecule has 0 saturated carbocycles. The van der Waals surface area contributed by atoms with Crippen LogP contribution in [0.15, 0.2) is 164 Å². The smallest absolute Gasteiger partial charge is 0.160 e. The van der Waals surface area contributed by atoms with Crippen LogP contribution >= 0.6 is 0 Å². The van der Waals surface area contributed by atoms with Gasteiger partial charge in [-0.2, -0.15) is 0 Å². The van der Waals surface area contributed by atoms with E-state index in [0.29, 0.717) is 5.82 Å². The minimum atomic E-state index is 0.681. The number of hydrogen-bond donors (Lipinski definition) is 0. The molecule has 0 saturated heterocycles. The van der Waals surface area contributed by atoms with Crippen molar-refractivity contribution in [2.75, 3.05) is 0 Å². The molecule has 0 atom stereocenters. The third kappa shape index (κ3) is 5.85. The standard InChI is InChI=1S/C49H34N4/c1-3-16-42-33(2)46-41-25-13-14-26-45(41)53(48(46)47(50-42)37-19-9-5-10-20-37)40-24-15-23-39(31-40)44-32-43(51-49(52-44)38-21-11-6-12-22-38)36-29-27-35(28-30-36)34-17-7-4-8-18-34/h3,5-7,9-32H,1-2H3/b16-3-. The maximum atomic E-state index is 5.31. The zero-order valence-corrected chi connectivity index (χ0v) is 29.5. The molecule has 0 spiro atoms. The van der Waals surface area contributed by atoms with Gasteiger partial charge in [0.15, 0.2) is 5.82 Å². The summed E-state index contributed by atoms with van der Waals surface area (Å²) in [5, 5.41) is 2.40. The molecule has 0 bridgehead atoms. The first kappa shape index (κ1) is 31.9. The first-order valence-electron chi connectivity index (χ1n) is 17.8. The highest BCUT2D eigenvalue weighted by atomic mass is 15.0. The van der Waals surface area contributed by atoms with Gasteiger partial charge in [-0.3, -0.25) is 0 Å². The van der Waals surface area contributed by atoms with Gasteiger partial charge in [-0.1, -0.05) is 133 Å². The predicted molar refractivity (Wildman–Crippen MR) is 218 cm³/mol. The van der Waals surface area contributed by atoms with Crippen molar-refractivity contribution in [2.45, 2.75) is 13.8 Å². The summed E-state index contributed by atoms with van der Waals surface area (Å²) >= 11 is 0. The molecule has 250 valence electrons. The van der Waals surface area contributed by atoms with E-state index in [4.69, 9.17) is 15.0 Å². The molecule has 0 fully saturated rings. The van der Waals surface area contributed by atoms with Crippen LogP contribution < -0.4 is 0 Å². The fraction of sp³-hybridized carbons (Fsp3) is 0.0408. The molecule has 3 heterocycles. The molecule has 4 heteroatoms. The van der Waals surface area contributed by atoms with Gasteiger partial charge in [0.05, 0.1) is 33.8 Å². The van der Waals surface area contributed by atoms with Gasteiger partial charge in [-0.15, -0.1) is 0 Å². The zero-order valence-electron chi connectivity index (χ0n) is 29.5. The van der Waals surface area contributed by atoms with Gasteiger partial charge in [0.1, 0.15) is 0 Å². The molecular weight excluding hydrogens is 645 g/mol. The molecule has 4 nitrogen and oxygen atoms in total. The Morgan fingerprint density at radius 2 is 1.25 bits per heavy atom. The molecule has 0 N–H and O–H groups in total. The lowest BCUT2D eigenvalue weighted by molar-refractivity contribution is 1.15. The first-order valence-corrected chi connectivity index (χ1v) is 17.8. The number of rotatable bonds is 7. The van der Waals surface area contributed by atoms with Crippen molar-refractivity contribution in [3.8, 4) is 62.0 Å². The molecule has 9 rings (SSSR count). The minimum absolute atomic E-state index is 0.681. The van der Waals surface area contributed by atoms with Crippen LogP contribution in [0.5, 0.6) is 0 Å². The van der Waals surface area contributed by atoms with Crippen LogP contribution in [0.2, 0.25) is 0 Å². The van der Waals surface area contributed by atoms with Crippen molar-refractivity contribution in [1.82, 2.24) is 19.5 Å². The van der Waals surface area contributed by atoms with E-state index in [0.717, 1.165) is 78.4 Å². The molecule has 6 aromatic carbocycles. The quantitative estimate of drug-likeness (QED) is 0.168. The molecular formula is C49H34N4. The molecule has 0 aliphatic carbocycles. The zero-order chi connectivity index (χ0) is 35.7. The van der Waals surface area contributed by atoms with Crippen LogP contribution in [0.4, 0.5) is 0 Å². The highest BCUT2D eigenvalue weighted by molar-refractivity contribution is 6.15. The Morgan fingerprint density at radius 3 is 1.98 bits per heavy atom. The lowest BCUT2D eigenvalue weighted by Crippen LogP contribution is -2.00. The predicted octanol–water partition coefficient (Wildman–Crippen LogP) is 12.2. The second-order valence-electron chi connectivity index (χ2n) is 13.1. The van der Waals surface area contributed by atoms with Gasteiger partial charge in [0.2, 0.25) is 0 Å². The Kier molecular flexibility index (Phi) is 8.15. The average molecular weight is 679 g/mol. The van der Waals surface area contributed by atoms with Crippen molar-refractivity contribution >= 4 is 27.9 Å². The number of aryl methyl sites for hydroxylation is 1. The number of hydrogen-bond acceptors (Lipinski definition) is 3. The van der Waals surface area contributed by atoms with Crippen molar-refractivity contribution in [3.05, 3.63) is 187 Å². The SMILES string of the molecule is C/C=C\c1nc(-c2ccccc2)c2c(c1C)c1ccccc1n2-c1cccc(-c2cc(-c3ccc(-c4cc#ccc4)cc3)nc(-c3ccccc3)n2)c1. The Labute approximate surface area is 309 Å². The number of aromatic nitrogens is 4. The van der Waals surface area contributed by atoms with E-state index >= 15 is 0 Å². The minimum Gasteiger partial charge on any atom is -0.307 e. The largest absolute Gasteiger partial charge is 0.307 e. The molecule has 0 amide bonds. The van der Waals surface area contributed by atoms with E-state index in [1.165, 1.54) is 10.8 Å². The third-order valence-electron chi connectivity index (χ3n) is 9.79. The fourth-order valence-corrected chi connectivity index (χ4v) is 7.24. The van der Waals surface area contributed by atoms with Crippen LogP contribution in [0.25, 0.3) is 89.9 Å². The van der Waals surface area contributed by atoms with Gasteiger partial charge in [-0.05, 0) is 79.1 Å². The molecule has 9 aromatic rings. The Balaban J connectivity index is 1.25. The third-order valence-corrected chi connectivity index (χ3v) is 9.79. The summed E-state index contributed by atoms with van der Waals surface area (Å²) in [5.41, 5.74) is 14.3. The summed E-state index contributed by atoms with van der Waals surface area (Å²) in [6.45, 7) is 4.23. The van der Waals surface area contributed by atoms with Crippen LogP contribution in [0, 0.1) is 19.1 Å². The van der Waals surface area contributed by atoms with Crippen molar-refractivity contribution < 1.29 is 0 Å². The lowest BCUT2D eigenvalue weighted by atomic mass is 10.0. The van der Waals surface area contributed by atoms with Gasteiger partial charge in [0, 0.05) is 38.7 Å². The number of pyridine rings is 1. The number of nitrogens with zero attached hydrogens (tertiary/aromatic N) is 4. The summed E-state index contributed by atoms with van der Waals surface area (Å²) in [5.74, 6) is 0.681. The molecule has 53 heavy (non-hydrogen) atoms. The van der Waals surface area contributed by atoms with E-state index in [1.54, 1.807) is 0 Å². The second-order valence-corrected chi connectivity index (χ2v) is 13.1. The molecule has 3 aromatic heterocycles. The van der Waals surface area contributed by atoms with Crippen molar-refractivity contribution in [3.63, 3.8) is 0 Å². The fourth-order valence-electron chi connectivity index (χ4n) is 7.24. The maximum Gasteiger partial charge on any atom is 0.160 e. The molecule has 0 aliphatic rings. The Morgan fingerprint density at radius 1 is 0.566 bits per heavy atom. The van der Waals surface area contributed by atoms with Crippen molar-refractivity contribution in [2.24, 2.45) is 0 Å². The summed E-state index contributed by atoms with van der Waals surface area (Å²) in [7, 11) is 0. The van der Waals surface area contributed by atoms with Gasteiger partial charge in [-0.25, -0.2) is 15.0 Å². The van der Waals surface area contributed by atoms with E-state index in [9.17, 15) is 0 Å². The van der Waals surface area contributed by atoms with Gasteiger partial charge < -0.3 is 4.57 Å². The normalized spacial score (nSPS) is 11.4. The topological polar surface area (TPSA) is 43.6 Å². The Bertz CT molecular complexity index is 2760. The Hall–Kier alpha value is -7.09. The van der Waals surface area contributed by atoms with Crippen LogP contribution in [0.1, 0.15) is 18.2 Å². The second kappa shape index (κ2) is 13.6.